The summed E-state index contributed by atoms with van der Waals surface area (Å²) in [4.78, 5) is 12.3. The monoisotopic (exact) mass is 284 g/mol. The Balaban J connectivity index is 4.21. The van der Waals surface area contributed by atoms with Gasteiger partial charge in [0.2, 0.25) is 0 Å². The fourth-order valence-electron chi connectivity index (χ4n) is 2.15. The Hall–Kier alpha value is -0.410. The highest BCUT2D eigenvalue weighted by molar-refractivity contribution is 5.85. The van der Waals surface area contributed by atoms with E-state index in [9.17, 15) is 4.79 Å². The van der Waals surface area contributed by atoms with Crippen LogP contribution in [0.15, 0.2) is 0 Å². The van der Waals surface area contributed by atoms with Crippen molar-refractivity contribution in [2.45, 2.75) is 91.8 Å². The molecule has 3 nitrogen and oxygen atoms in total. The molecule has 0 aliphatic carbocycles. The number of hydrogen-bond donors (Lipinski definition) is 2. The van der Waals surface area contributed by atoms with Gasteiger partial charge in [0.25, 0.3) is 0 Å². The lowest BCUT2D eigenvalue weighted by Crippen LogP contribution is -2.49. The molecule has 0 aromatic heterocycles. The number of carbonyl (C=O) groups excluding carboxylic acids is 1. The molecule has 0 radical (unpaired) electrons. The Morgan fingerprint density at radius 3 is 1.90 bits per heavy atom. The van der Waals surface area contributed by atoms with Crippen molar-refractivity contribution in [1.82, 2.24) is 10.6 Å². The van der Waals surface area contributed by atoms with E-state index < -0.39 is 0 Å². The molecule has 0 saturated heterocycles. The van der Waals surface area contributed by atoms with E-state index in [-0.39, 0.29) is 23.0 Å². The summed E-state index contributed by atoms with van der Waals surface area (Å²) >= 11 is 0. The normalized spacial score (nSPS) is 14.7. The van der Waals surface area contributed by atoms with E-state index in [1.54, 1.807) is 0 Å². The Bertz CT molecular complexity index is 284. The molecule has 20 heavy (non-hydrogen) atoms. The third-order valence-corrected chi connectivity index (χ3v) is 3.09. The fraction of sp³-hybridized carbons (Fsp3) is 0.941. The van der Waals surface area contributed by atoms with Gasteiger partial charge in [-0.3, -0.25) is 4.79 Å². The van der Waals surface area contributed by atoms with E-state index in [2.05, 4.69) is 52.2 Å². The summed E-state index contributed by atoms with van der Waals surface area (Å²) in [5, 5.41) is 6.97. The molecule has 0 rings (SSSR count). The average Bonchev–Trinajstić information content (AvgIpc) is 2.22. The van der Waals surface area contributed by atoms with Crippen LogP contribution in [-0.4, -0.2) is 29.4 Å². The number of carbonyl (C=O) groups is 1. The van der Waals surface area contributed by atoms with Gasteiger partial charge in [-0.15, -0.1) is 0 Å². The summed E-state index contributed by atoms with van der Waals surface area (Å²) in [6, 6.07) is -0.00960. The van der Waals surface area contributed by atoms with Crippen molar-refractivity contribution in [3.05, 3.63) is 0 Å². The zero-order valence-corrected chi connectivity index (χ0v) is 14.9. The number of ketones is 1. The topological polar surface area (TPSA) is 41.1 Å². The van der Waals surface area contributed by atoms with Crippen molar-refractivity contribution in [2.24, 2.45) is 5.92 Å². The number of nitrogens with one attached hydrogen (secondary N) is 2. The maximum absolute atomic E-state index is 12.3. The van der Waals surface area contributed by atoms with Crippen LogP contribution in [-0.2, 0) is 4.79 Å². The van der Waals surface area contributed by atoms with Crippen molar-refractivity contribution in [3.63, 3.8) is 0 Å². The van der Waals surface area contributed by atoms with Crippen molar-refractivity contribution in [1.29, 1.82) is 0 Å². The van der Waals surface area contributed by atoms with E-state index in [0.717, 1.165) is 25.8 Å². The van der Waals surface area contributed by atoms with E-state index in [0.29, 0.717) is 5.78 Å². The zero-order chi connectivity index (χ0) is 16.0. The van der Waals surface area contributed by atoms with Crippen LogP contribution in [0.1, 0.15) is 74.7 Å². The van der Waals surface area contributed by atoms with Crippen molar-refractivity contribution in [2.75, 3.05) is 6.54 Å². The van der Waals surface area contributed by atoms with E-state index in [1.165, 1.54) is 0 Å². The minimum absolute atomic E-state index is 0.00960. The van der Waals surface area contributed by atoms with Crippen LogP contribution in [0.25, 0.3) is 0 Å². The third-order valence-electron chi connectivity index (χ3n) is 3.09. The Kier molecular flexibility index (Phi) is 7.97. The quantitative estimate of drug-likeness (QED) is 0.670. The molecule has 2 N–H and O–H groups in total. The SMILES string of the molecule is CC(C)C(=O)C(CCCCNC(C)(C)C)NC(C)(C)C. The molecule has 0 bridgehead atoms. The van der Waals surface area contributed by atoms with Gasteiger partial charge in [-0.25, -0.2) is 0 Å². The predicted octanol–water partition coefficient (Wildman–Crippen LogP) is 3.53. The molecule has 0 amide bonds. The molecule has 1 atom stereocenters. The molecule has 0 heterocycles. The van der Waals surface area contributed by atoms with Gasteiger partial charge < -0.3 is 10.6 Å². The molecule has 0 aromatic carbocycles. The Morgan fingerprint density at radius 1 is 0.950 bits per heavy atom. The summed E-state index contributed by atoms with van der Waals surface area (Å²) < 4.78 is 0. The largest absolute Gasteiger partial charge is 0.312 e. The lowest BCUT2D eigenvalue weighted by molar-refractivity contribution is -0.124. The van der Waals surface area contributed by atoms with Gasteiger partial charge in [0.1, 0.15) is 0 Å². The molecular weight excluding hydrogens is 248 g/mol. The van der Waals surface area contributed by atoms with Gasteiger partial charge in [0.15, 0.2) is 5.78 Å². The summed E-state index contributed by atoms with van der Waals surface area (Å²) in [7, 11) is 0. The molecule has 0 spiro atoms. The number of rotatable bonds is 8. The Labute approximate surface area is 126 Å². The third kappa shape index (κ3) is 10.4. The van der Waals surface area contributed by atoms with Gasteiger partial charge >= 0.3 is 0 Å². The van der Waals surface area contributed by atoms with Gasteiger partial charge in [-0.05, 0) is 60.9 Å². The highest BCUT2D eigenvalue weighted by atomic mass is 16.1. The molecule has 0 aliphatic rings. The van der Waals surface area contributed by atoms with Gasteiger partial charge in [-0.2, -0.15) is 0 Å². The van der Waals surface area contributed by atoms with Crippen LogP contribution in [0.4, 0.5) is 0 Å². The van der Waals surface area contributed by atoms with Crippen molar-refractivity contribution in [3.8, 4) is 0 Å². The molecule has 1 unspecified atom stereocenters. The first-order chi connectivity index (χ1) is 8.92. The lowest BCUT2D eigenvalue weighted by atomic mass is 9.94. The van der Waals surface area contributed by atoms with Crippen LogP contribution < -0.4 is 10.6 Å². The van der Waals surface area contributed by atoms with Crippen molar-refractivity contribution < 1.29 is 4.79 Å². The standard InChI is InChI=1S/C17H36N2O/c1-13(2)15(20)14(19-17(6,7)8)11-9-10-12-18-16(3,4)5/h13-14,18-19H,9-12H2,1-8H3. The second-order valence-electron chi connectivity index (χ2n) is 8.18. The molecule has 0 fully saturated rings. The molecule has 0 aromatic rings. The lowest BCUT2D eigenvalue weighted by Gasteiger charge is -2.29. The van der Waals surface area contributed by atoms with Gasteiger partial charge in [0, 0.05) is 17.0 Å². The van der Waals surface area contributed by atoms with E-state index in [1.807, 2.05) is 13.8 Å². The minimum Gasteiger partial charge on any atom is -0.312 e. The first-order valence-electron chi connectivity index (χ1n) is 7.99. The minimum atomic E-state index is -0.0150. The van der Waals surface area contributed by atoms with E-state index >= 15 is 0 Å². The van der Waals surface area contributed by atoms with Crippen LogP contribution in [0, 0.1) is 5.92 Å². The molecular formula is C17H36N2O. The van der Waals surface area contributed by atoms with Crippen LogP contribution in [0.5, 0.6) is 0 Å². The van der Waals surface area contributed by atoms with Crippen molar-refractivity contribution >= 4 is 5.78 Å². The first-order valence-corrected chi connectivity index (χ1v) is 7.99. The molecule has 0 aliphatic heterocycles. The fourth-order valence-corrected chi connectivity index (χ4v) is 2.15. The summed E-state index contributed by atoms with van der Waals surface area (Å²) in [6.45, 7) is 17.9. The summed E-state index contributed by atoms with van der Waals surface area (Å²) in [5.41, 5.74) is 0.162. The molecule has 0 saturated carbocycles. The molecule has 3 heteroatoms. The zero-order valence-electron chi connectivity index (χ0n) is 14.9. The predicted molar refractivity (Wildman–Crippen MR) is 88.1 cm³/mol. The maximum atomic E-state index is 12.3. The van der Waals surface area contributed by atoms with Gasteiger partial charge in [-0.1, -0.05) is 20.3 Å². The maximum Gasteiger partial charge on any atom is 0.152 e. The summed E-state index contributed by atoms with van der Waals surface area (Å²) in [6.07, 6.45) is 3.13. The number of Topliss-reactive ketones (excluding diaryl/α,β-unsaturated/α-hetero) is 1. The van der Waals surface area contributed by atoms with E-state index in [4.69, 9.17) is 0 Å². The highest BCUT2D eigenvalue weighted by Crippen LogP contribution is 2.12. The Morgan fingerprint density at radius 2 is 1.50 bits per heavy atom. The van der Waals surface area contributed by atoms with Crippen LogP contribution in [0.3, 0.4) is 0 Å². The highest BCUT2D eigenvalue weighted by Gasteiger charge is 2.24. The summed E-state index contributed by atoms with van der Waals surface area (Å²) in [5.74, 6) is 0.436. The number of hydrogen-bond acceptors (Lipinski definition) is 3. The van der Waals surface area contributed by atoms with Crippen LogP contribution >= 0.6 is 0 Å². The van der Waals surface area contributed by atoms with Gasteiger partial charge in [0.05, 0.1) is 6.04 Å². The molecule has 120 valence electrons. The average molecular weight is 284 g/mol. The first kappa shape index (κ1) is 19.6. The van der Waals surface area contributed by atoms with Crippen LogP contribution in [0.2, 0.25) is 0 Å². The second kappa shape index (κ2) is 8.14. The number of unbranched alkanes of at least 4 members (excludes halogenated alkanes) is 1. The second-order valence-corrected chi connectivity index (χ2v) is 8.18. The smallest absolute Gasteiger partial charge is 0.152 e.